The summed E-state index contributed by atoms with van der Waals surface area (Å²) in [5.74, 6) is 0.147. The molecule has 0 bridgehead atoms. The highest BCUT2D eigenvalue weighted by atomic mass is 32.3. The van der Waals surface area contributed by atoms with Crippen molar-refractivity contribution in [3.8, 4) is 0 Å². The van der Waals surface area contributed by atoms with Crippen LogP contribution in [0.25, 0.3) is 0 Å². The zero-order valence-electron chi connectivity index (χ0n) is 23.6. The molecule has 4 rings (SSSR count). The normalized spacial score (nSPS) is 48.6. The third-order valence-corrected chi connectivity index (χ3v) is 12.6. The van der Waals surface area contributed by atoms with Gasteiger partial charge in [0.05, 0.1) is 37.1 Å². The van der Waals surface area contributed by atoms with E-state index in [0.29, 0.717) is 19.3 Å². The average Bonchev–Trinajstić information content (AvgIpc) is 3.05. The van der Waals surface area contributed by atoms with Gasteiger partial charge in [0.2, 0.25) is 0 Å². The smallest absolute Gasteiger partial charge is 0.396 e. The second-order valence-corrected chi connectivity index (χ2v) is 15.0. The Balaban J connectivity index is 1.56. The number of rotatable bonds is 9. The van der Waals surface area contributed by atoms with Gasteiger partial charge in [0.15, 0.2) is 0 Å². The number of hydrogen-bond donors (Lipinski definition) is 5. The van der Waals surface area contributed by atoms with E-state index in [-0.39, 0.29) is 54.0 Å². The summed E-state index contributed by atoms with van der Waals surface area (Å²) < 4.78 is 33.4. The highest BCUT2D eigenvalue weighted by molar-refractivity contribution is 7.81. The van der Waals surface area contributed by atoms with Crippen LogP contribution in [0.15, 0.2) is 0 Å². The third kappa shape index (κ3) is 4.89. The number of fused-ring (bicyclic) bond motifs is 5. The number of aliphatic hydroxyl groups excluding tert-OH is 4. The van der Waals surface area contributed by atoms with E-state index in [4.69, 9.17) is 4.18 Å². The maximum absolute atomic E-state index is 11.9. The van der Waals surface area contributed by atoms with Crippen molar-refractivity contribution in [1.29, 1.82) is 0 Å². The summed E-state index contributed by atoms with van der Waals surface area (Å²) in [7, 11) is -3.14. The highest BCUT2D eigenvalue weighted by Gasteiger charge is 2.70. The lowest BCUT2D eigenvalue weighted by molar-refractivity contribution is -0.266. The zero-order valence-corrected chi connectivity index (χ0v) is 24.4. The first-order valence-electron chi connectivity index (χ1n) is 14.5. The van der Waals surface area contributed by atoms with Crippen molar-refractivity contribution < 1.29 is 42.3 Å². The molecule has 0 aromatic heterocycles. The lowest BCUT2D eigenvalue weighted by Crippen LogP contribution is -2.69. The van der Waals surface area contributed by atoms with Crippen molar-refractivity contribution in [1.82, 2.24) is 0 Å². The molecule has 4 aliphatic carbocycles. The van der Waals surface area contributed by atoms with E-state index in [9.17, 15) is 34.0 Å². The molecule has 0 heterocycles. The molecular formula is C28H50O9S. The largest absolute Gasteiger partial charge is 0.399 e. The Morgan fingerprint density at radius 1 is 1.03 bits per heavy atom. The van der Waals surface area contributed by atoms with Crippen molar-refractivity contribution >= 4 is 10.4 Å². The molecule has 0 saturated heterocycles. The first kappa shape index (κ1) is 30.6. The molecule has 4 fully saturated rings. The number of aliphatic hydroxyl groups is 5. The topological polar surface area (TPSA) is 154 Å². The minimum Gasteiger partial charge on any atom is -0.396 e. The predicted molar refractivity (Wildman–Crippen MR) is 141 cm³/mol. The lowest BCUT2D eigenvalue weighted by Gasteiger charge is -2.65. The van der Waals surface area contributed by atoms with Crippen LogP contribution < -0.4 is 0 Å². The molecule has 0 aliphatic heterocycles. The second kappa shape index (κ2) is 10.8. The van der Waals surface area contributed by atoms with Crippen LogP contribution in [-0.4, -0.2) is 77.7 Å². The fourth-order valence-corrected chi connectivity index (χ4v) is 10.3. The van der Waals surface area contributed by atoms with Gasteiger partial charge in [0.25, 0.3) is 0 Å². The van der Waals surface area contributed by atoms with Gasteiger partial charge in [-0.25, -0.2) is 4.18 Å². The van der Waals surface area contributed by atoms with Crippen molar-refractivity contribution in [2.45, 2.75) is 115 Å². The second-order valence-electron chi connectivity index (χ2n) is 13.7. The van der Waals surface area contributed by atoms with E-state index in [0.717, 1.165) is 39.2 Å². The standard InChI is InChI=1S/C28H50O9S/c1-16(15-29)7-6-8-17(2)22-24(31)25(32)23-19-13-21(30)28(33)14-18(37-38(34,35)36-5)9-12-27(28,4)20(19)10-11-26(22,23)3/h16-25,29-33H,6-15H2,1-5H3/t16-,17+,18-,19?,20?,21+,22-,23?,24+,25+,26+,27+,28-/m0/s1. The molecule has 10 heteroatoms. The van der Waals surface area contributed by atoms with Gasteiger partial charge in [-0.05, 0) is 79.4 Å². The van der Waals surface area contributed by atoms with E-state index in [1.54, 1.807) is 0 Å². The summed E-state index contributed by atoms with van der Waals surface area (Å²) in [6, 6.07) is 0. The lowest BCUT2D eigenvalue weighted by atomic mass is 9.42. The van der Waals surface area contributed by atoms with Gasteiger partial charge in [-0.1, -0.05) is 40.5 Å². The van der Waals surface area contributed by atoms with Gasteiger partial charge in [0.1, 0.15) is 0 Å². The quantitative estimate of drug-likeness (QED) is 0.285. The van der Waals surface area contributed by atoms with E-state index in [1.807, 2.05) is 13.8 Å². The van der Waals surface area contributed by atoms with Gasteiger partial charge in [-0.3, -0.25) is 4.18 Å². The Morgan fingerprint density at radius 2 is 1.71 bits per heavy atom. The van der Waals surface area contributed by atoms with E-state index >= 15 is 0 Å². The maximum Gasteiger partial charge on any atom is 0.399 e. The van der Waals surface area contributed by atoms with Gasteiger partial charge >= 0.3 is 10.4 Å². The summed E-state index contributed by atoms with van der Waals surface area (Å²) in [4.78, 5) is 0. The van der Waals surface area contributed by atoms with Crippen molar-refractivity contribution in [3.05, 3.63) is 0 Å². The minimum absolute atomic E-state index is 0.00445. The molecule has 0 aromatic carbocycles. The summed E-state index contributed by atoms with van der Waals surface area (Å²) in [6.45, 7) is 8.56. The molecule has 4 saturated carbocycles. The van der Waals surface area contributed by atoms with Crippen LogP contribution in [-0.2, 0) is 18.8 Å². The van der Waals surface area contributed by atoms with E-state index in [1.165, 1.54) is 0 Å². The Morgan fingerprint density at radius 3 is 2.34 bits per heavy atom. The molecule has 9 nitrogen and oxygen atoms in total. The van der Waals surface area contributed by atoms with Crippen LogP contribution >= 0.6 is 0 Å². The fraction of sp³-hybridized carbons (Fsp3) is 1.00. The summed E-state index contributed by atoms with van der Waals surface area (Å²) in [6.07, 6.45) is 1.99. The molecule has 0 amide bonds. The summed E-state index contributed by atoms with van der Waals surface area (Å²) in [5.41, 5.74) is -2.49. The predicted octanol–water partition coefficient (Wildman–Crippen LogP) is 2.38. The molecular weight excluding hydrogens is 512 g/mol. The monoisotopic (exact) mass is 562 g/mol. The Kier molecular flexibility index (Phi) is 8.72. The first-order chi connectivity index (χ1) is 17.6. The van der Waals surface area contributed by atoms with Gasteiger partial charge < -0.3 is 25.5 Å². The van der Waals surface area contributed by atoms with Gasteiger partial charge in [-0.15, -0.1) is 0 Å². The molecule has 0 aromatic rings. The molecule has 0 radical (unpaired) electrons. The Bertz CT molecular complexity index is 945. The third-order valence-electron chi connectivity index (χ3n) is 11.7. The maximum atomic E-state index is 11.9. The molecule has 5 N–H and O–H groups in total. The van der Waals surface area contributed by atoms with Crippen molar-refractivity contribution in [2.24, 2.45) is 46.3 Å². The van der Waals surface area contributed by atoms with E-state index in [2.05, 4.69) is 18.0 Å². The average molecular weight is 563 g/mol. The molecule has 38 heavy (non-hydrogen) atoms. The van der Waals surface area contributed by atoms with Crippen LogP contribution in [0.2, 0.25) is 0 Å². The Labute approximate surface area is 228 Å². The Hall–Kier alpha value is -0.330. The highest BCUT2D eigenvalue weighted by Crippen LogP contribution is 2.69. The van der Waals surface area contributed by atoms with Crippen LogP contribution in [0.1, 0.15) is 85.5 Å². The summed E-state index contributed by atoms with van der Waals surface area (Å²) in [5, 5.41) is 55.5. The molecule has 4 aliphatic rings. The van der Waals surface area contributed by atoms with Crippen molar-refractivity contribution in [2.75, 3.05) is 13.7 Å². The SMILES string of the molecule is COS(=O)(=O)O[C@H]1CC[C@]2(C)C3CC[C@@]4(C)C(C3C[C@@H](O)[C@@]2(O)C1)[C@@H](O)[C@H](O)[C@@H]4[C@H](C)CCC[C@H](C)CO. The first-order valence-corrected chi connectivity index (χ1v) is 15.8. The number of hydrogen-bond acceptors (Lipinski definition) is 9. The van der Waals surface area contributed by atoms with Gasteiger partial charge in [0, 0.05) is 18.4 Å². The van der Waals surface area contributed by atoms with Crippen LogP contribution in [0.3, 0.4) is 0 Å². The minimum atomic E-state index is -4.17. The molecule has 3 unspecified atom stereocenters. The molecule has 222 valence electrons. The van der Waals surface area contributed by atoms with Crippen LogP contribution in [0.4, 0.5) is 0 Å². The van der Waals surface area contributed by atoms with E-state index < -0.39 is 45.8 Å². The van der Waals surface area contributed by atoms with Crippen molar-refractivity contribution in [3.63, 3.8) is 0 Å². The summed E-state index contributed by atoms with van der Waals surface area (Å²) >= 11 is 0. The van der Waals surface area contributed by atoms with Gasteiger partial charge in [-0.2, -0.15) is 8.42 Å². The fourth-order valence-electron chi connectivity index (χ4n) is 9.70. The zero-order chi connectivity index (χ0) is 28.3. The van der Waals surface area contributed by atoms with Crippen LogP contribution in [0.5, 0.6) is 0 Å². The molecule has 0 spiro atoms. The molecule has 13 atom stereocenters. The van der Waals surface area contributed by atoms with Crippen LogP contribution in [0, 0.1) is 46.3 Å².